The smallest absolute Gasteiger partial charge is 0.226 e. The maximum absolute atomic E-state index is 9.31. The molecule has 0 unspecified atom stereocenters. The van der Waals surface area contributed by atoms with Crippen molar-refractivity contribution in [3.63, 3.8) is 0 Å². The average Bonchev–Trinajstić information content (AvgIpc) is 3.05. The lowest BCUT2D eigenvalue weighted by Crippen LogP contribution is -1.95. The molecule has 2 aromatic carbocycles. The Morgan fingerprint density at radius 1 is 1.14 bits per heavy atom. The number of rotatable bonds is 5. The minimum Gasteiger partial charge on any atom is -0.506 e. The number of hydrogen-bond donors (Lipinski definition) is 1. The van der Waals surface area contributed by atoms with Crippen molar-refractivity contribution in [2.24, 2.45) is 0 Å². The molecule has 1 heterocycles. The Morgan fingerprint density at radius 3 is 2.68 bits per heavy atom. The zero-order chi connectivity index (χ0) is 15.4. The van der Waals surface area contributed by atoms with Gasteiger partial charge in [-0.2, -0.15) is 0 Å². The number of benzene rings is 2. The normalized spacial score (nSPS) is 10.4. The van der Waals surface area contributed by atoms with E-state index in [1.165, 1.54) is 6.26 Å². The van der Waals surface area contributed by atoms with Crippen LogP contribution in [0, 0.1) is 0 Å². The summed E-state index contributed by atoms with van der Waals surface area (Å²) in [5.74, 6) is 1.02. The van der Waals surface area contributed by atoms with Gasteiger partial charge in [0, 0.05) is 5.56 Å². The van der Waals surface area contributed by atoms with Gasteiger partial charge in [-0.1, -0.05) is 43.0 Å². The van der Waals surface area contributed by atoms with Crippen LogP contribution in [0.25, 0.3) is 17.2 Å². The van der Waals surface area contributed by atoms with Gasteiger partial charge in [0.2, 0.25) is 5.89 Å². The monoisotopic (exact) mass is 293 g/mol. The van der Waals surface area contributed by atoms with Crippen LogP contribution < -0.4 is 4.74 Å². The summed E-state index contributed by atoms with van der Waals surface area (Å²) in [6.07, 6.45) is 1.37. The number of hydrogen-bond acceptors (Lipinski definition) is 4. The van der Waals surface area contributed by atoms with Gasteiger partial charge in [-0.3, -0.25) is 0 Å². The summed E-state index contributed by atoms with van der Waals surface area (Å²) in [4.78, 5) is 4.17. The maximum Gasteiger partial charge on any atom is 0.226 e. The third-order valence-electron chi connectivity index (χ3n) is 3.13. The van der Waals surface area contributed by atoms with Gasteiger partial charge in [0.05, 0.1) is 0 Å². The molecular weight excluding hydrogens is 278 g/mol. The van der Waals surface area contributed by atoms with Crippen LogP contribution in [0.2, 0.25) is 0 Å². The number of nitrogens with zero attached hydrogens (tertiary/aromatic N) is 1. The first-order chi connectivity index (χ1) is 10.7. The zero-order valence-electron chi connectivity index (χ0n) is 11.9. The van der Waals surface area contributed by atoms with Gasteiger partial charge in [0.25, 0.3) is 0 Å². The molecule has 3 aromatic rings. The fraction of sp³-hybridized carbons (Fsp3) is 0.0556. The van der Waals surface area contributed by atoms with Crippen LogP contribution in [0.15, 0.2) is 71.9 Å². The van der Waals surface area contributed by atoms with Crippen LogP contribution >= 0.6 is 0 Å². The number of aliphatic hydroxyl groups is 1. The zero-order valence-corrected chi connectivity index (χ0v) is 11.9. The third-order valence-corrected chi connectivity index (χ3v) is 3.13. The largest absolute Gasteiger partial charge is 0.506 e. The standard InChI is InChI=1S/C18H15NO3/c1-13(20)17-12-22-18(19-17)15-8-5-9-16(10-15)21-11-14-6-3-2-4-7-14/h2-10,12,20H,1,11H2. The second-order valence-corrected chi connectivity index (χ2v) is 4.79. The van der Waals surface area contributed by atoms with E-state index in [0.29, 0.717) is 18.2 Å². The van der Waals surface area contributed by atoms with E-state index >= 15 is 0 Å². The Bertz CT molecular complexity index is 778. The van der Waals surface area contributed by atoms with Gasteiger partial charge in [-0.25, -0.2) is 4.98 Å². The fourth-order valence-corrected chi connectivity index (χ4v) is 2.00. The first-order valence-electron chi connectivity index (χ1n) is 6.83. The molecule has 0 radical (unpaired) electrons. The molecule has 22 heavy (non-hydrogen) atoms. The van der Waals surface area contributed by atoms with Crippen molar-refractivity contribution < 1.29 is 14.3 Å². The summed E-state index contributed by atoms with van der Waals surface area (Å²) < 4.78 is 11.1. The lowest BCUT2D eigenvalue weighted by atomic mass is 10.2. The summed E-state index contributed by atoms with van der Waals surface area (Å²) in [6, 6.07) is 17.4. The molecule has 0 amide bonds. The molecule has 0 aliphatic carbocycles. The van der Waals surface area contributed by atoms with Gasteiger partial charge in [0.1, 0.15) is 30.1 Å². The van der Waals surface area contributed by atoms with Crippen LogP contribution in [-0.4, -0.2) is 10.1 Å². The maximum atomic E-state index is 9.31. The molecule has 0 saturated heterocycles. The molecule has 0 saturated carbocycles. The Labute approximate surface area is 128 Å². The quantitative estimate of drug-likeness (QED) is 0.706. The van der Waals surface area contributed by atoms with Crippen LogP contribution in [0.3, 0.4) is 0 Å². The number of ether oxygens (including phenoxy) is 1. The Balaban J connectivity index is 1.75. The lowest BCUT2D eigenvalue weighted by Gasteiger charge is -2.07. The highest BCUT2D eigenvalue weighted by atomic mass is 16.5. The van der Waals surface area contributed by atoms with Crippen molar-refractivity contribution in [1.82, 2.24) is 4.98 Å². The molecule has 4 nitrogen and oxygen atoms in total. The van der Waals surface area contributed by atoms with Crippen molar-refractivity contribution in [1.29, 1.82) is 0 Å². The SMILES string of the molecule is C=C(O)c1coc(-c2cccc(OCc3ccccc3)c2)n1. The van der Waals surface area contributed by atoms with Crippen LogP contribution in [0.5, 0.6) is 5.75 Å². The number of aliphatic hydroxyl groups excluding tert-OH is 1. The number of aromatic nitrogens is 1. The predicted octanol–water partition coefficient (Wildman–Crippen LogP) is 4.45. The van der Waals surface area contributed by atoms with E-state index < -0.39 is 0 Å². The van der Waals surface area contributed by atoms with E-state index in [9.17, 15) is 5.11 Å². The second kappa shape index (κ2) is 6.18. The van der Waals surface area contributed by atoms with Crippen LogP contribution in [0.4, 0.5) is 0 Å². The van der Waals surface area contributed by atoms with E-state index in [-0.39, 0.29) is 5.76 Å². The van der Waals surface area contributed by atoms with Crippen molar-refractivity contribution in [3.05, 3.63) is 78.7 Å². The minimum absolute atomic E-state index is 0.119. The molecule has 0 spiro atoms. The third kappa shape index (κ3) is 3.17. The molecule has 3 rings (SSSR count). The highest BCUT2D eigenvalue weighted by molar-refractivity contribution is 5.59. The molecule has 1 aromatic heterocycles. The highest BCUT2D eigenvalue weighted by Gasteiger charge is 2.09. The summed E-state index contributed by atoms with van der Waals surface area (Å²) >= 11 is 0. The minimum atomic E-state index is -0.119. The Hall–Kier alpha value is -3.01. The molecule has 0 bridgehead atoms. The molecule has 0 fully saturated rings. The second-order valence-electron chi connectivity index (χ2n) is 4.79. The fourth-order valence-electron chi connectivity index (χ4n) is 2.00. The van der Waals surface area contributed by atoms with E-state index in [4.69, 9.17) is 9.15 Å². The topological polar surface area (TPSA) is 55.5 Å². The van der Waals surface area contributed by atoms with E-state index in [2.05, 4.69) is 11.6 Å². The molecule has 4 heteroatoms. The lowest BCUT2D eigenvalue weighted by molar-refractivity contribution is 0.306. The molecule has 0 aliphatic heterocycles. The van der Waals surface area contributed by atoms with Crippen molar-refractivity contribution in [2.75, 3.05) is 0 Å². The van der Waals surface area contributed by atoms with Gasteiger partial charge < -0.3 is 14.3 Å². The predicted molar refractivity (Wildman–Crippen MR) is 84.4 cm³/mol. The Kier molecular flexibility index (Phi) is 3.92. The van der Waals surface area contributed by atoms with Gasteiger partial charge in [-0.15, -0.1) is 0 Å². The van der Waals surface area contributed by atoms with Gasteiger partial charge in [0.15, 0.2) is 0 Å². The molecular formula is C18H15NO3. The Morgan fingerprint density at radius 2 is 1.95 bits per heavy atom. The average molecular weight is 293 g/mol. The first kappa shape index (κ1) is 13.9. The summed E-state index contributed by atoms with van der Waals surface area (Å²) in [5.41, 5.74) is 2.20. The van der Waals surface area contributed by atoms with Crippen molar-refractivity contribution in [3.8, 4) is 17.2 Å². The van der Waals surface area contributed by atoms with Crippen LogP contribution in [-0.2, 0) is 6.61 Å². The summed E-state index contributed by atoms with van der Waals surface area (Å²) in [7, 11) is 0. The molecule has 0 aliphatic rings. The molecule has 1 N–H and O–H groups in total. The summed E-state index contributed by atoms with van der Waals surface area (Å²) in [6.45, 7) is 3.92. The van der Waals surface area contributed by atoms with E-state index in [0.717, 1.165) is 16.9 Å². The molecule has 0 atom stereocenters. The van der Waals surface area contributed by atoms with Crippen molar-refractivity contribution in [2.45, 2.75) is 6.61 Å². The highest BCUT2D eigenvalue weighted by Crippen LogP contribution is 2.25. The van der Waals surface area contributed by atoms with E-state index in [1.807, 2.05) is 54.6 Å². The van der Waals surface area contributed by atoms with Gasteiger partial charge >= 0.3 is 0 Å². The van der Waals surface area contributed by atoms with Crippen LogP contribution in [0.1, 0.15) is 11.3 Å². The first-order valence-corrected chi connectivity index (χ1v) is 6.83. The van der Waals surface area contributed by atoms with Gasteiger partial charge in [-0.05, 0) is 23.8 Å². The number of oxazole rings is 1. The molecule has 110 valence electrons. The van der Waals surface area contributed by atoms with E-state index in [1.54, 1.807) is 0 Å². The van der Waals surface area contributed by atoms with Crippen molar-refractivity contribution >= 4 is 5.76 Å². The summed E-state index contributed by atoms with van der Waals surface area (Å²) in [5, 5.41) is 9.31.